The average molecular weight is 386 g/mol. The number of nitrogens with zero attached hydrogens (tertiary/aromatic N) is 4. The molecule has 2 aliphatic rings. The third kappa shape index (κ3) is 3.16. The van der Waals surface area contributed by atoms with Crippen LogP contribution in [0.5, 0.6) is 11.5 Å². The summed E-state index contributed by atoms with van der Waals surface area (Å²) in [6.07, 6.45) is 7.53. The molecule has 1 fully saturated rings. The van der Waals surface area contributed by atoms with Gasteiger partial charge in [0.05, 0.1) is 6.33 Å². The van der Waals surface area contributed by atoms with Gasteiger partial charge in [0.1, 0.15) is 0 Å². The third-order valence-electron chi connectivity index (χ3n) is 5.26. The van der Waals surface area contributed by atoms with E-state index in [-0.39, 0.29) is 12.1 Å². The molecule has 0 bridgehead atoms. The average Bonchev–Trinajstić information content (AvgIpc) is 3.41. The van der Waals surface area contributed by atoms with Crippen molar-refractivity contribution in [2.24, 2.45) is 0 Å². The van der Waals surface area contributed by atoms with Crippen LogP contribution in [0.25, 0.3) is 11.2 Å². The molecule has 0 unspecified atom stereocenters. The first-order valence-corrected chi connectivity index (χ1v) is 9.68. The Morgan fingerprint density at radius 3 is 2.89 bits per heavy atom. The number of hydrogen-bond acceptors (Lipinski definition) is 6. The minimum absolute atomic E-state index is 0.243. The van der Waals surface area contributed by atoms with Crippen LogP contribution in [0.4, 0.5) is 5.82 Å². The van der Waals surface area contributed by atoms with Gasteiger partial charge in [-0.15, -0.1) is 0 Å². The summed E-state index contributed by atoms with van der Waals surface area (Å²) >= 11 is 6.19. The standard InChI is InChI=1S/C19H20ClN5O2/c20-19-23-17(16-18(24-19)25(10-22-16)13-3-1-2-4-13)21-8-7-12-5-6-14-15(9-12)27-11-26-14/h5-6,9-10,13H,1-4,7-8,11H2,(H,21,23,24). The minimum Gasteiger partial charge on any atom is -0.454 e. The second kappa shape index (κ2) is 6.88. The topological polar surface area (TPSA) is 74.1 Å². The van der Waals surface area contributed by atoms with Crippen LogP contribution < -0.4 is 14.8 Å². The van der Waals surface area contributed by atoms with Crippen LogP contribution in [0.15, 0.2) is 24.5 Å². The van der Waals surface area contributed by atoms with Crippen molar-refractivity contribution in [1.29, 1.82) is 0 Å². The molecule has 1 aromatic carbocycles. The fourth-order valence-corrected chi connectivity index (χ4v) is 4.05. The highest BCUT2D eigenvalue weighted by Crippen LogP contribution is 2.34. The second-order valence-electron chi connectivity index (χ2n) is 6.97. The first-order chi connectivity index (χ1) is 13.3. The summed E-state index contributed by atoms with van der Waals surface area (Å²) in [6, 6.07) is 6.47. The summed E-state index contributed by atoms with van der Waals surface area (Å²) in [5, 5.41) is 3.61. The van der Waals surface area contributed by atoms with E-state index in [9.17, 15) is 0 Å². The van der Waals surface area contributed by atoms with E-state index in [1.807, 2.05) is 24.5 Å². The van der Waals surface area contributed by atoms with Crippen molar-refractivity contribution in [2.75, 3.05) is 18.7 Å². The summed E-state index contributed by atoms with van der Waals surface area (Å²) in [7, 11) is 0. The zero-order chi connectivity index (χ0) is 18.2. The summed E-state index contributed by atoms with van der Waals surface area (Å²) in [5.41, 5.74) is 2.75. The Hall–Kier alpha value is -2.54. The summed E-state index contributed by atoms with van der Waals surface area (Å²) in [6.45, 7) is 0.997. The van der Waals surface area contributed by atoms with E-state index in [1.165, 1.54) is 31.2 Å². The van der Waals surface area contributed by atoms with Crippen molar-refractivity contribution in [3.05, 3.63) is 35.4 Å². The summed E-state index contributed by atoms with van der Waals surface area (Å²) < 4.78 is 12.9. The Bertz CT molecular complexity index is 984. The molecule has 8 heteroatoms. The van der Waals surface area contributed by atoms with E-state index < -0.39 is 0 Å². The zero-order valence-corrected chi connectivity index (χ0v) is 15.6. The molecule has 3 heterocycles. The van der Waals surface area contributed by atoms with E-state index in [0.29, 0.717) is 18.4 Å². The van der Waals surface area contributed by atoms with E-state index >= 15 is 0 Å². The molecule has 1 saturated carbocycles. The van der Waals surface area contributed by atoms with Crippen molar-refractivity contribution in [2.45, 2.75) is 38.1 Å². The Kier molecular flexibility index (Phi) is 4.24. The molecule has 5 rings (SSSR count). The Morgan fingerprint density at radius 2 is 2.00 bits per heavy atom. The van der Waals surface area contributed by atoms with E-state index in [0.717, 1.165) is 29.1 Å². The highest BCUT2D eigenvalue weighted by molar-refractivity contribution is 6.28. The SMILES string of the molecule is Clc1nc(NCCc2ccc3c(c2)OCO3)c2ncn(C3CCCC3)c2n1. The van der Waals surface area contributed by atoms with Gasteiger partial charge in [0.2, 0.25) is 12.1 Å². The maximum absolute atomic E-state index is 6.19. The van der Waals surface area contributed by atoms with Crippen LogP contribution in [0, 0.1) is 0 Å². The van der Waals surface area contributed by atoms with Gasteiger partial charge in [-0.25, -0.2) is 4.98 Å². The fourth-order valence-electron chi connectivity index (χ4n) is 3.88. The van der Waals surface area contributed by atoms with Crippen molar-refractivity contribution in [3.8, 4) is 11.5 Å². The van der Waals surface area contributed by atoms with Gasteiger partial charge in [-0.1, -0.05) is 18.9 Å². The van der Waals surface area contributed by atoms with Gasteiger partial charge < -0.3 is 19.4 Å². The lowest BCUT2D eigenvalue weighted by Gasteiger charge is -2.12. The first-order valence-electron chi connectivity index (χ1n) is 9.30. The number of aromatic nitrogens is 4. The lowest BCUT2D eigenvalue weighted by atomic mass is 10.1. The number of fused-ring (bicyclic) bond motifs is 2. The van der Waals surface area contributed by atoms with Crippen LogP contribution in [0.2, 0.25) is 5.28 Å². The molecule has 0 atom stereocenters. The van der Waals surface area contributed by atoms with Gasteiger partial charge in [-0.2, -0.15) is 9.97 Å². The van der Waals surface area contributed by atoms with Gasteiger partial charge in [0, 0.05) is 12.6 Å². The number of rotatable bonds is 5. The molecule has 0 spiro atoms. The minimum atomic E-state index is 0.243. The van der Waals surface area contributed by atoms with Gasteiger partial charge in [-0.3, -0.25) is 0 Å². The fraction of sp³-hybridized carbons (Fsp3) is 0.421. The smallest absolute Gasteiger partial charge is 0.231 e. The molecule has 1 N–H and O–H groups in total. The molecule has 0 amide bonds. The number of halogens is 1. The highest BCUT2D eigenvalue weighted by Gasteiger charge is 2.21. The normalized spacial score (nSPS) is 16.3. The largest absolute Gasteiger partial charge is 0.454 e. The Balaban J connectivity index is 1.34. The van der Waals surface area contributed by atoms with Gasteiger partial charge in [0.25, 0.3) is 0 Å². The molecule has 27 heavy (non-hydrogen) atoms. The summed E-state index contributed by atoms with van der Waals surface area (Å²) in [5.74, 6) is 2.28. The number of ether oxygens (including phenoxy) is 2. The first kappa shape index (κ1) is 16.6. The quantitative estimate of drug-likeness (QED) is 0.669. The molecule has 140 valence electrons. The lowest BCUT2D eigenvalue weighted by molar-refractivity contribution is 0.174. The number of anilines is 1. The third-order valence-corrected chi connectivity index (χ3v) is 5.42. The van der Waals surface area contributed by atoms with Gasteiger partial charge >= 0.3 is 0 Å². The molecule has 7 nitrogen and oxygen atoms in total. The van der Waals surface area contributed by atoms with Gasteiger partial charge in [0.15, 0.2) is 28.5 Å². The van der Waals surface area contributed by atoms with E-state index in [4.69, 9.17) is 21.1 Å². The molecule has 0 saturated heterocycles. The summed E-state index contributed by atoms with van der Waals surface area (Å²) in [4.78, 5) is 13.3. The number of hydrogen-bond donors (Lipinski definition) is 1. The molecule has 1 aliphatic carbocycles. The Morgan fingerprint density at radius 1 is 1.15 bits per heavy atom. The van der Waals surface area contributed by atoms with Crippen LogP contribution in [-0.2, 0) is 6.42 Å². The highest BCUT2D eigenvalue weighted by atomic mass is 35.5. The van der Waals surface area contributed by atoms with Crippen molar-refractivity contribution < 1.29 is 9.47 Å². The molecule has 2 aromatic heterocycles. The Labute approximate surface area is 161 Å². The van der Waals surface area contributed by atoms with Crippen molar-refractivity contribution in [3.63, 3.8) is 0 Å². The van der Waals surface area contributed by atoms with Crippen molar-refractivity contribution >= 4 is 28.6 Å². The van der Waals surface area contributed by atoms with Crippen LogP contribution in [0.1, 0.15) is 37.3 Å². The maximum Gasteiger partial charge on any atom is 0.231 e. The number of nitrogens with one attached hydrogen (secondary N) is 1. The van der Waals surface area contributed by atoms with Crippen LogP contribution >= 0.6 is 11.6 Å². The predicted molar refractivity (Wildman–Crippen MR) is 103 cm³/mol. The van der Waals surface area contributed by atoms with E-state index in [2.05, 4.69) is 24.8 Å². The van der Waals surface area contributed by atoms with Crippen molar-refractivity contribution in [1.82, 2.24) is 19.5 Å². The zero-order valence-electron chi connectivity index (χ0n) is 14.8. The van der Waals surface area contributed by atoms with Gasteiger partial charge in [-0.05, 0) is 48.6 Å². The molecule has 3 aromatic rings. The number of imidazole rings is 1. The molecule has 1 aliphatic heterocycles. The predicted octanol–water partition coefficient (Wildman–Crippen LogP) is 3.98. The maximum atomic E-state index is 6.19. The van der Waals surface area contributed by atoms with Crippen LogP contribution in [-0.4, -0.2) is 32.9 Å². The van der Waals surface area contributed by atoms with Crippen LogP contribution in [0.3, 0.4) is 0 Å². The molecular weight excluding hydrogens is 366 g/mol. The van der Waals surface area contributed by atoms with E-state index in [1.54, 1.807) is 0 Å². The molecule has 0 radical (unpaired) electrons. The number of benzene rings is 1. The molecular formula is C19H20ClN5O2. The monoisotopic (exact) mass is 385 g/mol. The second-order valence-corrected chi connectivity index (χ2v) is 7.31. The lowest BCUT2D eigenvalue weighted by Crippen LogP contribution is -2.09.